The number of hydrogen-bond acceptors (Lipinski definition) is 3. The van der Waals surface area contributed by atoms with Crippen LogP contribution in [0.2, 0.25) is 0 Å². The summed E-state index contributed by atoms with van der Waals surface area (Å²) in [5.41, 5.74) is 16.1. The molecule has 3 heteroatoms. The average Bonchev–Trinajstić information content (AvgIpc) is 3.74. The predicted molar refractivity (Wildman–Crippen MR) is 232 cm³/mol. The first-order valence-electron chi connectivity index (χ1n) is 19.2. The molecule has 1 aliphatic carbocycles. The van der Waals surface area contributed by atoms with Gasteiger partial charge in [0.25, 0.3) is 0 Å². The zero-order valence-corrected chi connectivity index (χ0v) is 31.1. The molecule has 0 saturated heterocycles. The van der Waals surface area contributed by atoms with Crippen molar-refractivity contribution in [3.05, 3.63) is 193 Å². The van der Waals surface area contributed by atoms with E-state index in [9.17, 15) is 0 Å². The summed E-state index contributed by atoms with van der Waals surface area (Å²) in [5, 5.41) is 4.75. The zero-order chi connectivity index (χ0) is 37.4. The van der Waals surface area contributed by atoms with Crippen molar-refractivity contribution < 1.29 is 4.42 Å². The van der Waals surface area contributed by atoms with Crippen LogP contribution < -0.4 is 0 Å². The largest absolute Gasteiger partial charge is 0.455 e. The summed E-state index contributed by atoms with van der Waals surface area (Å²) in [5.74, 6) is 0.691. The van der Waals surface area contributed by atoms with Crippen LogP contribution >= 0.6 is 0 Å². The van der Waals surface area contributed by atoms with E-state index in [2.05, 4.69) is 166 Å². The van der Waals surface area contributed by atoms with Gasteiger partial charge in [0, 0.05) is 38.4 Å². The van der Waals surface area contributed by atoms with Gasteiger partial charge in [-0.05, 0) is 98.2 Å². The summed E-state index contributed by atoms with van der Waals surface area (Å²) in [6, 6.07) is 64.8. The van der Waals surface area contributed by atoms with E-state index >= 15 is 0 Å². The Kier molecular flexibility index (Phi) is 7.20. The highest BCUT2D eigenvalue weighted by Gasteiger charge is 2.36. The second kappa shape index (κ2) is 12.5. The van der Waals surface area contributed by atoms with Crippen LogP contribution in [0.25, 0.3) is 100.0 Å². The lowest BCUT2D eigenvalue weighted by molar-refractivity contribution is 0.661. The molecule has 0 unspecified atom stereocenters. The highest BCUT2D eigenvalue weighted by atomic mass is 16.3. The van der Waals surface area contributed by atoms with Crippen molar-refractivity contribution in [2.75, 3.05) is 0 Å². The molecule has 0 amide bonds. The zero-order valence-electron chi connectivity index (χ0n) is 31.1. The van der Waals surface area contributed by atoms with E-state index in [1.807, 2.05) is 30.3 Å². The van der Waals surface area contributed by atoms with Crippen LogP contribution in [0.4, 0.5) is 0 Å². The number of fused-ring (bicyclic) bond motifs is 7. The van der Waals surface area contributed by atoms with E-state index in [1.165, 1.54) is 33.0 Å². The first kappa shape index (κ1) is 32.3. The van der Waals surface area contributed by atoms with Crippen molar-refractivity contribution in [3.8, 4) is 67.3 Å². The van der Waals surface area contributed by atoms with E-state index in [0.29, 0.717) is 5.82 Å². The van der Waals surface area contributed by atoms with E-state index in [1.54, 1.807) is 0 Å². The second-order valence-corrected chi connectivity index (χ2v) is 15.4. The number of para-hydroxylation sites is 2. The molecular weight excluding hydrogens is 681 g/mol. The van der Waals surface area contributed by atoms with E-state index < -0.39 is 0 Å². The monoisotopic (exact) mass is 716 g/mol. The van der Waals surface area contributed by atoms with Crippen LogP contribution in [0, 0.1) is 0 Å². The number of rotatable bonds is 5. The Balaban J connectivity index is 1.13. The fraction of sp³-hybridized carbons (Fsp3) is 0.0566. The maximum Gasteiger partial charge on any atom is 0.160 e. The number of nitrogens with zero attached hydrogens (tertiary/aromatic N) is 2. The molecule has 0 spiro atoms. The minimum absolute atomic E-state index is 0.115. The Morgan fingerprint density at radius 3 is 1.82 bits per heavy atom. The minimum Gasteiger partial charge on any atom is -0.455 e. The van der Waals surface area contributed by atoms with Gasteiger partial charge in [0.05, 0.1) is 11.4 Å². The lowest BCUT2D eigenvalue weighted by atomic mass is 9.81. The maximum absolute atomic E-state index is 6.56. The lowest BCUT2D eigenvalue weighted by Crippen LogP contribution is -2.14. The van der Waals surface area contributed by atoms with E-state index in [-0.39, 0.29) is 5.41 Å². The third-order valence-corrected chi connectivity index (χ3v) is 11.6. The third-order valence-electron chi connectivity index (χ3n) is 11.6. The molecule has 0 atom stereocenters. The molecule has 11 rings (SSSR count). The Bertz CT molecular complexity index is 3160. The normalized spacial score (nSPS) is 13.0. The van der Waals surface area contributed by atoms with Crippen molar-refractivity contribution in [2.45, 2.75) is 19.3 Å². The van der Waals surface area contributed by atoms with Crippen molar-refractivity contribution in [1.82, 2.24) is 9.97 Å². The molecule has 0 N–H and O–H groups in total. The fourth-order valence-electron chi connectivity index (χ4n) is 8.76. The van der Waals surface area contributed by atoms with Gasteiger partial charge in [0.1, 0.15) is 11.2 Å². The van der Waals surface area contributed by atoms with Gasteiger partial charge in [-0.1, -0.05) is 147 Å². The summed E-state index contributed by atoms with van der Waals surface area (Å²) in [6.07, 6.45) is 0. The van der Waals surface area contributed by atoms with Gasteiger partial charge < -0.3 is 4.42 Å². The molecule has 1 aliphatic rings. The molecule has 0 radical (unpaired) electrons. The highest BCUT2D eigenvalue weighted by molar-refractivity contribution is 6.10. The first-order chi connectivity index (χ1) is 27.5. The Labute approximate surface area is 325 Å². The Hall–Kier alpha value is -7.10. The minimum atomic E-state index is -0.115. The Morgan fingerprint density at radius 2 is 1.02 bits per heavy atom. The first-order valence-corrected chi connectivity index (χ1v) is 19.2. The fourth-order valence-corrected chi connectivity index (χ4v) is 8.76. The van der Waals surface area contributed by atoms with Gasteiger partial charge in [-0.15, -0.1) is 0 Å². The summed E-state index contributed by atoms with van der Waals surface area (Å²) in [7, 11) is 0. The van der Waals surface area contributed by atoms with Crippen LogP contribution in [0.1, 0.15) is 25.0 Å². The molecule has 0 aliphatic heterocycles. The lowest BCUT2D eigenvalue weighted by Gasteiger charge is -2.22. The topological polar surface area (TPSA) is 38.9 Å². The number of aromatic nitrogens is 2. The summed E-state index contributed by atoms with van der Waals surface area (Å²) < 4.78 is 6.56. The van der Waals surface area contributed by atoms with Gasteiger partial charge in [0.2, 0.25) is 0 Å². The molecule has 56 heavy (non-hydrogen) atoms. The predicted octanol–water partition coefficient (Wildman–Crippen LogP) is 14.2. The SMILES string of the molecule is CC1(C)c2ccc(-c3cc(-c4cc(-c5ccccc5)cc(-c5cccc6c5oc5ccccc56)c4)nc(-c4ccccc4)n3)cc2-c2cc3ccccc3cc21. The standard InChI is InChI=1S/C53H36N2O/c1-53(2)46-25-24-37(30-44(46)45-29-35-18-9-10-19-36(35)31-47(45)53)48-32-49(55-52(54-48)34-16-7-4-8-17-34)40-27-38(33-14-5-3-6-15-33)26-39(28-40)41-21-13-22-43-42-20-11-12-23-50(42)56-51(41)43/h3-32H,1-2H3. The molecule has 8 aromatic carbocycles. The van der Waals surface area contributed by atoms with Crippen molar-refractivity contribution in [2.24, 2.45) is 0 Å². The van der Waals surface area contributed by atoms with Crippen LogP contribution in [-0.4, -0.2) is 9.97 Å². The second-order valence-electron chi connectivity index (χ2n) is 15.4. The molecule has 2 heterocycles. The van der Waals surface area contributed by atoms with Gasteiger partial charge in [-0.25, -0.2) is 9.97 Å². The van der Waals surface area contributed by atoms with E-state index in [4.69, 9.17) is 14.4 Å². The summed E-state index contributed by atoms with van der Waals surface area (Å²) in [4.78, 5) is 10.6. The van der Waals surface area contributed by atoms with Gasteiger partial charge in [0.15, 0.2) is 5.82 Å². The molecule has 0 saturated carbocycles. The summed E-state index contributed by atoms with van der Waals surface area (Å²) in [6.45, 7) is 4.68. The van der Waals surface area contributed by atoms with Gasteiger partial charge >= 0.3 is 0 Å². The maximum atomic E-state index is 6.56. The molecule has 10 aromatic rings. The molecule has 264 valence electrons. The number of furan rings is 1. The summed E-state index contributed by atoms with van der Waals surface area (Å²) >= 11 is 0. The average molecular weight is 717 g/mol. The van der Waals surface area contributed by atoms with Crippen LogP contribution in [-0.2, 0) is 5.41 Å². The highest BCUT2D eigenvalue weighted by Crippen LogP contribution is 2.51. The van der Waals surface area contributed by atoms with Crippen LogP contribution in [0.3, 0.4) is 0 Å². The molecule has 0 bridgehead atoms. The van der Waals surface area contributed by atoms with E-state index in [0.717, 1.165) is 72.3 Å². The number of benzene rings is 8. The molecule has 0 fully saturated rings. The smallest absolute Gasteiger partial charge is 0.160 e. The third kappa shape index (κ3) is 5.20. The molecular formula is C53H36N2O. The van der Waals surface area contributed by atoms with Gasteiger partial charge in [-0.3, -0.25) is 0 Å². The molecule has 3 nitrogen and oxygen atoms in total. The van der Waals surface area contributed by atoms with Crippen molar-refractivity contribution in [1.29, 1.82) is 0 Å². The molecule has 2 aromatic heterocycles. The van der Waals surface area contributed by atoms with Gasteiger partial charge in [-0.2, -0.15) is 0 Å². The van der Waals surface area contributed by atoms with Crippen LogP contribution in [0.5, 0.6) is 0 Å². The number of hydrogen-bond donors (Lipinski definition) is 0. The van der Waals surface area contributed by atoms with Crippen molar-refractivity contribution >= 4 is 32.7 Å². The van der Waals surface area contributed by atoms with Crippen molar-refractivity contribution in [3.63, 3.8) is 0 Å². The quantitative estimate of drug-likeness (QED) is 0.178. The van der Waals surface area contributed by atoms with Crippen LogP contribution in [0.15, 0.2) is 186 Å². The Morgan fingerprint density at radius 1 is 0.393 bits per heavy atom.